The summed E-state index contributed by atoms with van der Waals surface area (Å²) in [5.74, 6) is -0.669. The number of halogens is 1. The van der Waals surface area contributed by atoms with Crippen molar-refractivity contribution in [2.45, 2.75) is 25.3 Å². The van der Waals surface area contributed by atoms with E-state index >= 15 is 0 Å². The van der Waals surface area contributed by atoms with Gasteiger partial charge in [0.25, 0.3) is 0 Å². The van der Waals surface area contributed by atoms with E-state index in [1.165, 1.54) is 29.6 Å². The van der Waals surface area contributed by atoms with E-state index in [-0.39, 0.29) is 17.6 Å². The zero-order valence-corrected chi connectivity index (χ0v) is 15.1. The van der Waals surface area contributed by atoms with Crippen molar-refractivity contribution in [1.29, 1.82) is 5.41 Å². The molecule has 0 amide bonds. The molecule has 1 unspecified atom stereocenters. The van der Waals surface area contributed by atoms with Crippen LogP contribution in [-0.4, -0.2) is 20.8 Å². The molecule has 5 N–H and O–H groups in total. The number of rotatable bonds is 4. The SMILES string of the molecule is N=C(c1ccc(F)c(O)c1)c1c(N)ncnc1NC1CCCc2ccccc21. The lowest BCUT2D eigenvalue weighted by atomic mass is 9.87. The van der Waals surface area contributed by atoms with Gasteiger partial charge in [-0.15, -0.1) is 0 Å². The number of aryl methyl sites for hydroxylation is 1. The molecule has 7 heteroatoms. The summed E-state index contributed by atoms with van der Waals surface area (Å²) in [7, 11) is 0. The summed E-state index contributed by atoms with van der Waals surface area (Å²) in [4.78, 5) is 8.33. The smallest absolute Gasteiger partial charge is 0.164 e. The van der Waals surface area contributed by atoms with Gasteiger partial charge in [-0.1, -0.05) is 24.3 Å². The van der Waals surface area contributed by atoms with Crippen LogP contribution in [0.4, 0.5) is 16.0 Å². The molecule has 1 atom stereocenters. The van der Waals surface area contributed by atoms with Crippen molar-refractivity contribution < 1.29 is 9.50 Å². The number of aromatic nitrogens is 2. The van der Waals surface area contributed by atoms with E-state index in [0.29, 0.717) is 16.9 Å². The lowest BCUT2D eigenvalue weighted by Crippen LogP contribution is -2.21. The Balaban J connectivity index is 1.71. The summed E-state index contributed by atoms with van der Waals surface area (Å²) in [6.07, 6.45) is 4.38. The molecular formula is C21H20FN5O. The lowest BCUT2D eigenvalue weighted by molar-refractivity contribution is 0.432. The van der Waals surface area contributed by atoms with Crippen LogP contribution in [0.5, 0.6) is 5.75 Å². The van der Waals surface area contributed by atoms with E-state index in [2.05, 4.69) is 27.4 Å². The first-order valence-corrected chi connectivity index (χ1v) is 9.07. The number of phenols is 1. The maximum Gasteiger partial charge on any atom is 0.164 e. The summed E-state index contributed by atoms with van der Waals surface area (Å²) < 4.78 is 13.4. The van der Waals surface area contributed by atoms with Gasteiger partial charge in [-0.3, -0.25) is 5.41 Å². The van der Waals surface area contributed by atoms with Crippen LogP contribution in [0.25, 0.3) is 0 Å². The molecule has 0 saturated carbocycles. The Morgan fingerprint density at radius 2 is 2.04 bits per heavy atom. The third kappa shape index (κ3) is 3.26. The number of hydrogen-bond donors (Lipinski definition) is 4. The summed E-state index contributed by atoms with van der Waals surface area (Å²) in [6, 6.07) is 12.1. The van der Waals surface area contributed by atoms with Crippen molar-refractivity contribution in [3.8, 4) is 5.75 Å². The van der Waals surface area contributed by atoms with Crippen LogP contribution in [0.15, 0.2) is 48.8 Å². The molecule has 1 aliphatic rings. The molecule has 0 saturated heterocycles. The van der Waals surface area contributed by atoms with Crippen molar-refractivity contribution in [2.24, 2.45) is 0 Å². The molecular weight excluding hydrogens is 357 g/mol. The Labute approximate surface area is 161 Å². The minimum atomic E-state index is -0.744. The fraction of sp³-hybridized carbons (Fsp3) is 0.190. The fourth-order valence-electron chi connectivity index (χ4n) is 3.64. The quantitative estimate of drug-likeness (QED) is 0.517. The molecule has 1 heterocycles. The molecule has 4 rings (SSSR count). The van der Waals surface area contributed by atoms with Crippen molar-refractivity contribution in [2.75, 3.05) is 11.1 Å². The fourth-order valence-corrected chi connectivity index (χ4v) is 3.64. The third-order valence-corrected chi connectivity index (χ3v) is 5.04. The van der Waals surface area contributed by atoms with Gasteiger partial charge >= 0.3 is 0 Å². The van der Waals surface area contributed by atoms with E-state index < -0.39 is 11.6 Å². The van der Waals surface area contributed by atoms with Crippen LogP contribution in [-0.2, 0) is 6.42 Å². The number of nitrogens with one attached hydrogen (secondary N) is 2. The molecule has 0 aliphatic heterocycles. The van der Waals surface area contributed by atoms with Crippen LogP contribution >= 0.6 is 0 Å². The number of nitrogens with zero attached hydrogens (tertiary/aromatic N) is 2. The van der Waals surface area contributed by atoms with Crippen molar-refractivity contribution >= 4 is 17.3 Å². The molecule has 0 bridgehead atoms. The number of phenolic OH excluding ortho intramolecular Hbond substituents is 1. The highest BCUT2D eigenvalue weighted by Crippen LogP contribution is 2.34. The minimum absolute atomic E-state index is 0.0139. The summed E-state index contributed by atoms with van der Waals surface area (Å²) >= 11 is 0. The van der Waals surface area contributed by atoms with Gasteiger partial charge in [0, 0.05) is 5.56 Å². The first-order valence-electron chi connectivity index (χ1n) is 9.07. The van der Waals surface area contributed by atoms with E-state index in [0.717, 1.165) is 25.3 Å². The van der Waals surface area contributed by atoms with Gasteiger partial charge in [-0.2, -0.15) is 0 Å². The van der Waals surface area contributed by atoms with Crippen LogP contribution in [0.2, 0.25) is 0 Å². The average Bonchev–Trinajstić information content (AvgIpc) is 2.70. The number of hydrogen-bond acceptors (Lipinski definition) is 6. The Kier molecular flexibility index (Phi) is 4.65. The number of nitrogen functional groups attached to an aromatic ring is 1. The Morgan fingerprint density at radius 3 is 2.86 bits per heavy atom. The topological polar surface area (TPSA) is 108 Å². The van der Waals surface area contributed by atoms with E-state index in [4.69, 9.17) is 11.1 Å². The molecule has 28 heavy (non-hydrogen) atoms. The maximum absolute atomic E-state index is 13.4. The predicted octanol–water partition coefficient (Wildman–Crippen LogP) is 3.81. The van der Waals surface area contributed by atoms with Crippen LogP contribution in [0.1, 0.15) is 41.1 Å². The number of fused-ring (bicyclic) bond motifs is 1. The van der Waals surface area contributed by atoms with E-state index in [1.807, 2.05) is 12.1 Å². The van der Waals surface area contributed by atoms with Crippen molar-refractivity contribution in [3.63, 3.8) is 0 Å². The third-order valence-electron chi connectivity index (χ3n) is 5.04. The first-order chi connectivity index (χ1) is 13.5. The van der Waals surface area contributed by atoms with Crippen LogP contribution in [0.3, 0.4) is 0 Å². The molecule has 6 nitrogen and oxygen atoms in total. The summed E-state index contributed by atoms with van der Waals surface area (Å²) in [5.41, 5.74) is 9.24. The standard InChI is InChI=1S/C21H20FN5O/c22-15-9-8-13(10-17(15)28)19(23)18-20(24)25-11-26-21(18)27-16-7-3-5-12-4-1-2-6-14(12)16/h1-2,4,6,8-11,16,23,28H,3,5,7H2,(H3,24,25,26,27). The molecule has 142 valence electrons. The number of aromatic hydroxyl groups is 1. The second kappa shape index (κ2) is 7.26. The van der Waals surface area contributed by atoms with E-state index in [1.54, 1.807) is 0 Å². The largest absolute Gasteiger partial charge is 0.505 e. The second-order valence-corrected chi connectivity index (χ2v) is 6.81. The predicted molar refractivity (Wildman–Crippen MR) is 106 cm³/mol. The van der Waals surface area contributed by atoms with Gasteiger partial charge < -0.3 is 16.2 Å². The minimum Gasteiger partial charge on any atom is -0.505 e. The zero-order chi connectivity index (χ0) is 19.7. The number of anilines is 2. The van der Waals surface area contributed by atoms with Gasteiger partial charge in [0.15, 0.2) is 11.6 Å². The Bertz CT molecular complexity index is 1050. The van der Waals surface area contributed by atoms with E-state index in [9.17, 15) is 9.50 Å². The van der Waals surface area contributed by atoms with Gasteiger partial charge in [0.2, 0.25) is 0 Å². The molecule has 0 spiro atoms. The van der Waals surface area contributed by atoms with Gasteiger partial charge in [0.1, 0.15) is 18.0 Å². The Hall–Kier alpha value is -3.48. The lowest BCUT2D eigenvalue weighted by Gasteiger charge is -2.27. The first kappa shape index (κ1) is 17.9. The monoisotopic (exact) mass is 377 g/mol. The molecule has 1 aromatic heterocycles. The van der Waals surface area contributed by atoms with Gasteiger partial charge in [-0.25, -0.2) is 14.4 Å². The molecule has 0 radical (unpaired) electrons. The second-order valence-electron chi connectivity index (χ2n) is 6.81. The molecule has 3 aromatic rings. The normalized spacial score (nSPS) is 15.7. The molecule has 1 aliphatic carbocycles. The highest BCUT2D eigenvalue weighted by atomic mass is 19.1. The van der Waals surface area contributed by atoms with Crippen LogP contribution < -0.4 is 11.1 Å². The van der Waals surface area contributed by atoms with Crippen molar-refractivity contribution in [3.05, 3.63) is 76.9 Å². The van der Waals surface area contributed by atoms with Crippen LogP contribution in [0, 0.1) is 11.2 Å². The highest BCUT2D eigenvalue weighted by molar-refractivity contribution is 6.16. The molecule has 0 fully saturated rings. The number of benzene rings is 2. The average molecular weight is 377 g/mol. The summed E-state index contributed by atoms with van der Waals surface area (Å²) in [5, 5.41) is 21.6. The van der Waals surface area contributed by atoms with Crippen molar-refractivity contribution in [1.82, 2.24) is 9.97 Å². The Morgan fingerprint density at radius 1 is 1.21 bits per heavy atom. The molecule has 2 aromatic carbocycles. The maximum atomic E-state index is 13.4. The van der Waals surface area contributed by atoms with Gasteiger partial charge in [-0.05, 0) is 48.6 Å². The highest BCUT2D eigenvalue weighted by Gasteiger charge is 2.23. The van der Waals surface area contributed by atoms with Gasteiger partial charge in [0.05, 0.1) is 17.3 Å². The number of nitrogens with two attached hydrogens (primary N) is 1. The summed E-state index contributed by atoms with van der Waals surface area (Å²) in [6.45, 7) is 0. The zero-order valence-electron chi connectivity index (χ0n) is 15.1.